The SMILES string of the molecule is CCC(C)(CC)OCO[SiH3]. The maximum atomic E-state index is 5.49. The third-order valence-electron chi connectivity index (χ3n) is 2.02. The van der Waals surface area contributed by atoms with Crippen LogP contribution in [0.2, 0.25) is 0 Å². The first-order valence-electron chi connectivity index (χ1n) is 3.81. The van der Waals surface area contributed by atoms with E-state index in [-0.39, 0.29) is 5.60 Å². The first-order chi connectivity index (χ1) is 4.68. The molecule has 0 fully saturated rings. The van der Waals surface area contributed by atoms with Crippen LogP contribution in [-0.2, 0) is 9.16 Å². The molecule has 0 atom stereocenters. The molecule has 0 saturated heterocycles. The van der Waals surface area contributed by atoms with Gasteiger partial charge in [0, 0.05) is 0 Å². The molecule has 2 nitrogen and oxygen atoms in total. The summed E-state index contributed by atoms with van der Waals surface area (Å²) in [4.78, 5) is 0. The second-order valence-corrected chi connectivity index (χ2v) is 3.29. The minimum absolute atomic E-state index is 0.0322. The van der Waals surface area contributed by atoms with Crippen molar-refractivity contribution in [2.24, 2.45) is 0 Å². The molecule has 0 aromatic rings. The zero-order valence-electron chi connectivity index (χ0n) is 7.44. The first kappa shape index (κ1) is 10.1. The predicted molar refractivity (Wildman–Crippen MR) is 46.0 cm³/mol. The van der Waals surface area contributed by atoms with Crippen LogP contribution >= 0.6 is 0 Å². The molecule has 62 valence electrons. The van der Waals surface area contributed by atoms with E-state index in [9.17, 15) is 0 Å². The summed E-state index contributed by atoms with van der Waals surface area (Å²) < 4.78 is 10.4. The van der Waals surface area contributed by atoms with Crippen LogP contribution in [0.15, 0.2) is 0 Å². The van der Waals surface area contributed by atoms with Gasteiger partial charge >= 0.3 is 0 Å². The second-order valence-electron chi connectivity index (χ2n) is 2.71. The van der Waals surface area contributed by atoms with E-state index < -0.39 is 0 Å². The van der Waals surface area contributed by atoms with Crippen LogP contribution in [0.1, 0.15) is 33.6 Å². The molecule has 0 aromatic carbocycles. The van der Waals surface area contributed by atoms with Crippen molar-refractivity contribution in [2.75, 3.05) is 6.79 Å². The molecular formula is C7H18O2Si. The molecule has 0 radical (unpaired) electrons. The van der Waals surface area contributed by atoms with Crippen molar-refractivity contribution >= 4 is 10.5 Å². The van der Waals surface area contributed by atoms with E-state index in [2.05, 4.69) is 20.8 Å². The lowest BCUT2D eigenvalue weighted by molar-refractivity contribution is -0.0978. The molecule has 0 bridgehead atoms. The normalized spacial score (nSPS) is 12.3. The molecule has 10 heavy (non-hydrogen) atoms. The molecule has 0 N–H and O–H groups in total. The maximum Gasteiger partial charge on any atom is 0.149 e. The summed E-state index contributed by atoms with van der Waals surface area (Å²) in [5.41, 5.74) is 0.0322. The van der Waals surface area contributed by atoms with E-state index in [4.69, 9.17) is 9.16 Å². The summed E-state index contributed by atoms with van der Waals surface area (Å²) in [6, 6.07) is 0. The molecule has 0 rings (SSSR count). The summed E-state index contributed by atoms with van der Waals surface area (Å²) >= 11 is 0. The van der Waals surface area contributed by atoms with E-state index in [1.165, 1.54) is 0 Å². The summed E-state index contributed by atoms with van der Waals surface area (Å²) in [6.45, 7) is 6.85. The molecule has 0 aromatic heterocycles. The number of rotatable bonds is 5. The van der Waals surface area contributed by atoms with Crippen molar-refractivity contribution in [3.05, 3.63) is 0 Å². The highest BCUT2D eigenvalue weighted by Crippen LogP contribution is 2.18. The Bertz CT molecular complexity index is 81.7. The zero-order valence-corrected chi connectivity index (χ0v) is 9.44. The largest absolute Gasteiger partial charge is 0.406 e. The van der Waals surface area contributed by atoms with Crippen LogP contribution < -0.4 is 0 Å². The van der Waals surface area contributed by atoms with Crippen molar-refractivity contribution in [3.63, 3.8) is 0 Å². The van der Waals surface area contributed by atoms with Crippen LogP contribution in [0.25, 0.3) is 0 Å². The fourth-order valence-corrected chi connectivity index (χ4v) is 0.773. The van der Waals surface area contributed by atoms with Gasteiger partial charge in [-0.15, -0.1) is 0 Å². The fraction of sp³-hybridized carbons (Fsp3) is 1.00. The molecular weight excluding hydrogens is 144 g/mol. The van der Waals surface area contributed by atoms with Crippen LogP contribution in [0.3, 0.4) is 0 Å². The Morgan fingerprint density at radius 3 is 2.10 bits per heavy atom. The molecule has 0 spiro atoms. The Morgan fingerprint density at radius 2 is 1.80 bits per heavy atom. The molecule has 0 heterocycles. The Morgan fingerprint density at radius 1 is 1.30 bits per heavy atom. The van der Waals surface area contributed by atoms with Crippen LogP contribution in [0, 0.1) is 0 Å². The zero-order chi connectivity index (χ0) is 8.04. The van der Waals surface area contributed by atoms with Crippen molar-refractivity contribution in [2.45, 2.75) is 39.2 Å². The standard InChI is InChI=1S/C7H18O2Si/c1-4-7(3,5-2)8-6-9-10/h4-6H2,1-3,10H3. The van der Waals surface area contributed by atoms with Gasteiger partial charge in [-0.2, -0.15) is 0 Å². The van der Waals surface area contributed by atoms with E-state index >= 15 is 0 Å². The van der Waals surface area contributed by atoms with Gasteiger partial charge in [-0.1, -0.05) is 13.8 Å². The van der Waals surface area contributed by atoms with Gasteiger partial charge in [-0.05, 0) is 19.8 Å². The predicted octanol–water partition coefficient (Wildman–Crippen LogP) is 0.836. The molecule has 0 aliphatic carbocycles. The topological polar surface area (TPSA) is 18.5 Å². The Balaban J connectivity index is 3.58. The quantitative estimate of drug-likeness (QED) is 0.440. The summed E-state index contributed by atoms with van der Waals surface area (Å²) in [7, 11) is 0.762. The second kappa shape index (κ2) is 4.88. The van der Waals surface area contributed by atoms with Gasteiger partial charge in [-0.3, -0.25) is 0 Å². The van der Waals surface area contributed by atoms with Gasteiger partial charge in [0.2, 0.25) is 0 Å². The van der Waals surface area contributed by atoms with Crippen molar-refractivity contribution in [1.82, 2.24) is 0 Å². The smallest absolute Gasteiger partial charge is 0.149 e. The van der Waals surface area contributed by atoms with Gasteiger partial charge in [0.1, 0.15) is 17.3 Å². The molecule has 0 amide bonds. The molecule has 3 heteroatoms. The fourth-order valence-electron chi connectivity index (χ4n) is 0.655. The molecule has 0 unspecified atom stereocenters. The number of hydrogen-bond acceptors (Lipinski definition) is 2. The van der Waals surface area contributed by atoms with E-state index in [0.717, 1.165) is 23.3 Å². The Labute approximate surface area is 66.5 Å². The monoisotopic (exact) mass is 162 g/mol. The number of hydrogen-bond donors (Lipinski definition) is 0. The summed E-state index contributed by atoms with van der Waals surface area (Å²) in [6.07, 6.45) is 2.10. The molecule has 0 aliphatic rings. The average Bonchev–Trinajstić information content (AvgIpc) is 2.00. The van der Waals surface area contributed by atoms with Gasteiger partial charge in [0.15, 0.2) is 0 Å². The van der Waals surface area contributed by atoms with Crippen molar-refractivity contribution in [1.29, 1.82) is 0 Å². The first-order valence-corrected chi connectivity index (χ1v) is 4.63. The number of ether oxygens (including phenoxy) is 1. The van der Waals surface area contributed by atoms with Gasteiger partial charge in [0.25, 0.3) is 0 Å². The highest BCUT2D eigenvalue weighted by atomic mass is 28.2. The van der Waals surface area contributed by atoms with E-state index in [1.54, 1.807) is 0 Å². The van der Waals surface area contributed by atoms with Crippen molar-refractivity contribution < 1.29 is 9.16 Å². The maximum absolute atomic E-state index is 5.49. The highest BCUT2D eigenvalue weighted by molar-refractivity contribution is 5.97. The Hall–Kier alpha value is 0.137. The minimum Gasteiger partial charge on any atom is -0.406 e. The molecule has 0 aliphatic heterocycles. The van der Waals surface area contributed by atoms with Crippen LogP contribution in [-0.4, -0.2) is 22.9 Å². The third-order valence-corrected chi connectivity index (χ3v) is 2.26. The van der Waals surface area contributed by atoms with E-state index in [1.807, 2.05) is 0 Å². The minimum atomic E-state index is 0.0322. The highest BCUT2D eigenvalue weighted by Gasteiger charge is 2.19. The molecule has 0 saturated carbocycles. The Kier molecular flexibility index (Phi) is 4.94. The van der Waals surface area contributed by atoms with Gasteiger partial charge < -0.3 is 9.16 Å². The lowest BCUT2D eigenvalue weighted by atomic mass is 10.0. The summed E-state index contributed by atoms with van der Waals surface area (Å²) in [5.74, 6) is 0. The lowest BCUT2D eigenvalue weighted by Gasteiger charge is -2.26. The van der Waals surface area contributed by atoms with Gasteiger partial charge in [-0.25, -0.2) is 0 Å². The van der Waals surface area contributed by atoms with Crippen molar-refractivity contribution in [3.8, 4) is 0 Å². The summed E-state index contributed by atoms with van der Waals surface area (Å²) in [5, 5.41) is 0. The van der Waals surface area contributed by atoms with Crippen LogP contribution in [0.4, 0.5) is 0 Å². The lowest BCUT2D eigenvalue weighted by Crippen LogP contribution is -2.27. The third kappa shape index (κ3) is 3.34. The van der Waals surface area contributed by atoms with Crippen LogP contribution in [0.5, 0.6) is 0 Å². The van der Waals surface area contributed by atoms with Gasteiger partial charge in [0.05, 0.1) is 5.60 Å². The average molecular weight is 162 g/mol. The van der Waals surface area contributed by atoms with E-state index in [0.29, 0.717) is 6.79 Å².